The first-order valence-electron chi connectivity index (χ1n) is 9.33. The van der Waals surface area contributed by atoms with Gasteiger partial charge in [-0.15, -0.1) is 0 Å². The van der Waals surface area contributed by atoms with Crippen molar-refractivity contribution in [3.63, 3.8) is 0 Å². The van der Waals surface area contributed by atoms with Gasteiger partial charge >= 0.3 is 0 Å². The molecule has 0 heterocycles. The Kier molecular flexibility index (Phi) is 11.6. The second kappa shape index (κ2) is 13.5. The topological polar surface area (TPSA) is 36.2 Å². The van der Waals surface area contributed by atoms with Crippen LogP contribution in [0.2, 0.25) is 0 Å². The molecule has 22 heavy (non-hydrogen) atoms. The normalized spacial score (nSPS) is 10.8. The summed E-state index contributed by atoms with van der Waals surface area (Å²) in [6.07, 6.45) is 18.0. The Labute approximate surface area is 137 Å². The van der Waals surface area contributed by atoms with E-state index in [0.29, 0.717) is 0 Å². The molecule has 1 aromatic rings. The molecule has 124 valence electrons. The molecule has 0 amide bonds. The second-order valence-corrected chi connectivity index (χ2v) is 6.42. The quantitative estimate of drug-likeness (QED) is 0.271. The van der Waals surface area contributed by atoms with Crippen molar-refractivity contribution in [2.45, 2.75) is 90.4 Å². The number of nitrogens with zero attached hydrogens (tertiary/aromatic N) is 1. The van der Waals surface area contributed by atoms with E-state index in [1.807, 2.05) is 12.1 Å². The summed E-state index contributed by atoms with van der Waals surface area (Å²) in [5, 5.41) is 3.43. The standard InChI is InChI=1S/C20H34N2/c1-2-3-4-5-6-7-8-9-10-11-12-13-14-19-15-17-20(22-21)18-16-19/h15-18,21H,2-14H2,1H3. The van der Waals surface area contributed by atoms with Crippen molar-refractivity contribution >= 4 is 5.69 Å². The van der Waals surface area contributed by atoms with Gasteiger partial charge in [-0.25, -0.2) is 5.53 Å². The summed E-state index contributed by atoms with van der Waals surface area (Å²) in [7, 11) is 0. The highest BCUT2D eigenvalue weighted by Gasteiger charge is 1.96. The number of benzene rings is 1. The zero-order valence-electron chi connectivity index (χ0n) is 14.4. The minimum absolute atomic E-state index is 0.749. The summed E-state index contributed by atoms with van der Waals surface area (Å²) in [5.74, 6) is 0. The number of nitrogens with one attached hydrogen (secondary N) is 1. The molecule has 0 fully saturated rings. The summed E-state index contributed by atoms with van der Waals surface area (Å²) in [5.41, 5.74) is 9.07. The van der Waals surface area contributed by atoms with Crippen LogP contribution in [0.4, 0.5) is 5.69 Å². The number of rotatable bonds is 14. The van der Waals surface area contributed by atoms with Gasteiger partial charge in [-0.05, 0) is 30.5 Å². The van der Waals surface area contributed by atoms with E-state index in [2.05, 4.69) is 24.2 Å². The highest BCUT2D eigenvalue weighted by molar-refractivity contribution is 5.37. The van der Waals surface area contributed by atoms with E-state index in [9.17, 15) is 0 Å². The monoisotopic (exact) mass is 302 g/mol. The molecule has 0 saturated carbocycles. The molecule has 0 bridgehead atoms. The first-order chi connectivity index (χ1) is 10.9. The Bertz CT molecular complexity index is 370. The van der Waals surface area contributed by atoms with E-state index in [1.54, 1.807) is 0 Å². The molecule has 0 aliphatic rings. The lowest BCUT2D eigenvalue weighted by Crippen LogP contribution is -1.86. The van der Waals surface area contributed by atoms with Crippen molar-refractivity contribution < 1.29 is 0 Å². The Morgan fingerprint density at radius 2 is 1.14 bits per heavy atom. The first-order valence-corrected chi connectivity index (χ1v) is 9.33. The minimum Gasteiger partial charge on any atom is -0.204 e. The molecule has 0 atom stereocenters. The fourth-order valence-corrected chi connectivity index (χ4v) is 2.91. The fraction of sp³-hybridized carbons (Fsp3) is 0.700. The average Bonchev–Trinajstić information content (AvgIpc) is 2.56. The van der Waals surface area contributed by atoms with Gasteiger partial charge in [0.15, 0.2) is 0 Å². The number of aryl methyl sites for hydroxylation is 1. The van der Waals surface area contributed by atoms with Crippen molar-refractivity contribution in [1.29, 1.82) is 5.53 Å². The largest absolute Gasteiger partial charge is 0.204 e. The summed E-state index contributed by atoms with van der Waals surface area (Å²) < 4.78 is 0. The van der Waals surface area contributed by atoms with E-state index < -0.39 is 0 Å². The lowest BCUT2D eigenvalue weighted by atomic mass is 10.0. The van der Waals surface area contributed by atoms with Gasteiger partial charge in [-0.1, -0.05) is 89.7 Å². The van der Waals surface area contributed by atoms with Gasteiger partial charge in [0.25, 0.3) is 0 Å². The Morgan fingerprint density at radius 3 is 1.59 bits per heavy atom. The molecule has 0 aliphatic carbocycles. The second-order valence-electron chi connectivity index (χ2n) is 6.42. The third kappa shape index (κ3) is 9.70. The lowest BCUT2D eigenvalue weighted by Gasteiger charge is -2.03. The van der Waals surface area contributed by atoms with E-state index in [0.717, 1.165) is 12.1 Å². The number of hydrogen-bond acceptors (Lipinski definition) is 2. The van der Waals surface area contributed by atoms with Gasteiger partial charge in [0.05, 0.1) is 5.69 Å². The third-order valence-electron chi connectivity index (χ3n) is 4.38. The summed E-state index contributed by atoms with van der Waals surface area (Å²) >= 11 is 0. The third-order valence-corrected chi connectivity index (χ3v) is 4.38. The molecular formula is C20H34N2. The van der Waals surface area contributed by atoms with Crippen molar-refractivity contribution in [2.75, 3.05) is 0 Å². The first kappa shape index (κ1) is 18.9. The zero-order chi connectivity index (χ0) is 15.9. The van der Waals surface area contributed by atoms with Crippen LogP contribution in [-0.2, 0) is 6.42 Å². The van der Waals surface area contributed by atoms with Crippen molar-refractivity contribution in [3.8, 4) is 0 Å². The van der Waals surface area contributed by atoms with Crippen molar-refractivity contribution in [1.82, 2.24) is 0 Å². The van der Waals surface area contributed by atoms with Gasteiger partial charge in [0, 0.05) is 0 Å². The van der Waals surface area contributed by atoms with Crippen LogP contribution in [0.1, 0.15) is 89.5 Å². The Hall–Kier alpha value is -1.18. The molecule has 0 aromatic heterocycles. The van der Waals surface area contributed by atoms with Crippen molar-refractivity contribution in [3.05, 3.63) is 29.8 Å². The van der Waals surface area contributed by atoms with E-state index >= 15 is 0 Å². The molecular weight excluding hydrogens is 268 g/mol. The molecule has 0 aliphatic heterocycles. The van der Waals surface area contributed by atoms with Gasteiger partial charge in [-0.3, -0.25) is 0 Å². The van der Waals surface area contributed by atoms with Gasteiger partial charge in [0.1, 0.15) is 0 Å². The maximum atomic E-state index is 6.94. The summed E-state index contributed by atoms with van der Waals surface area (Å²) in [6, 6.07) is 8.07. The maximum absolute atomic E-state index is 6.94. The highest BCUT2D eigenvalue weighted by atomic mass is 14.9. The van der Waals surface area contributed by atoms with Crippen LogP contribution in [0.3, 0.4) is 0 Å². The van der Waals surface area contributed by atoms with Crippen LogP contribution in [0.5, 0.6) is 0 Å². The van der Waals surface area contributed by atoms with Crippen molar-refractivity contribution in [2.24, 2.45) is 5.11 Å². The van der Waals surface area contributed by atoms with Crippen LogP contribution in [0.15, 0.2) is 29.4 Å². The molecule has 0 spiro atoms. The van der Waals surface area contributed by atoms with Crippen LogP contribution < -0.4 is 0 Å². The fourth-order valence-electron chi connectivity index (χ4n) is 2.91. The van der Waals surface area contributed by atoms with E-state index in [-0.39, 0.29) is 0 Å². The maximum Gasteiger partial charge on any atom is 0.0850 e. The van der Waals surface area contributed by atoms with Gasteiger partial charge in [0.2, 0.25) is 0 Å². The molecule has 0 unspecified atom stereocenters. The highest BCUT2D eigenvalue weighted by Crippen LogP contribution is 2.16. The smallest absolute Gasteiger partial charge is 0.0850 e. The Balaban J connectivity index is 1.86. The van der Waals surface area contributed by atoms with E-state index in [4.69, 9.17) is 5.53 Å². The minimum atomic E-state index is 0.749. The summed E-state index contributed by atoms with van der Waals surface area (Å²) in [4.78, 5) is 0. The average molecular weight is 303 g/mol. The molecule has 1 rings (SSSR count). The molecule has 0 saturated heterocycles. The van der Waals surface area contributed by atoms with Gasteiger partial charge < -0.3 is 0 Å². The van der Waals surface area contributed by atoms with E-state index in [1.165, 1.54) is 82.6 Å². The Morgan fingerprint density at radius 1 is 0.682 bits per heavy atom. The zero-order valence-corrected chi connectivity index (χ0v) is 14.4. The number of hydrogen-bond donors (Lipinski definition) is 1. The molecule has 1 N–H and O–H groups in total. The summed E-state index contributed by atoms with van der Waals surface area (Å²) in [6.45, 7) is 2.28. The van der Waals surface area contributed by atoms with Crippen LogP contribution >= 0.6 is 0 Å². The van der Waals surface area contributed by atoms with Gasteiger partial charge in [-0.2, -0.15) is 5.11 Å². The lowest BCUT2D eigenvalue weighted by molar-refractivity contribution is 0.544. The predicted octanol–water partition coefficient (Wildman–Crippen LogP) is 7.59. The molecule has 2 heteroatoms. The van der Waals surface area contributed by atoms with Crippen LogP contribution in [0, 0.1) is 5.53 Å². The van der Waals surface area contributed by atoms with Crippen LogP contribution in [-0.4, -0.2) is 0 Å². The molecule has 2 nitrogen and oxygen atoms in total. The molecule has 0 radical (unpaired) electrons. The molecule has 1 aromatic carbocycles. The van der Waals surface area contributed by atoms with Crippen LogP contribution in [0.25, 0.3) is 0 Å². The number of unbranched alkanes of at least 4 members (excludes halogenated alkanes) is 11. The SMILES string of the molecule is CCCCCCCCCCCCCCc1ccc(N=N)cc1. The predicted molar refractivity (Wildman–Crippen MR) is 96.0 cm³/mol.